The van der Waals surface area contributed by atoms with Crippen LogP contribution in [0.3, 0.4) is 0 Å². The number of hydrogen-bond acceptors (Lipinski definition) is 4. The van der Waals surface area contributed by atoms with E-state index in [4.69, 9.17) is 21.1 Å². The van der Waals surface area contributed by atoms with Crippen molar-refractivity contribution in [3.05, 3.63) is 29.3 Å². The molecule has 0 saturated carbocycles. The third kappa shape index (κ3) is 4.80. The molecule has 1 N–H and O–H groups in total. The Hall–Kier alpha value is -1.95. The van der Waals surface area contributed by atoms with E-state index in [1.165, 1.54) is 5.01 Å². The molecule has 1 fully saturated rings. The number of nitrogens with one attached hydrogen (secondary N) is 1. The van der Waals surface area contributed by atoms with Gasteiger partial charge in [0.15, 0.2) is 0 Å². The number of carbonyl (C=O) groups excluding carboxylic acids is 2. The average Bonchev–Trinajstić information content (AvgIpc) is 2.90. The predicted octanol–water partition coefficient (Wildman–Crippen LogP) is 2.76. The lowest BCUT2D eigenvalue weighted by Gasteiger charge is -2.18. The summed E-state index contributed by atoms with van der Waals surface area (Å²) < 4.78 is 10.6. The topological polar surface area (TPSA) is 67.9 Å². The number of benzene rings is 1. The predicted molar refractivity (Wildman–Crippen MR) is 81.6 cm³/mol. The van der Waals surface area contributed by atoms with E-state index in [0.29, 0.717) is 24.6 Å². The fourth-order valence-corrected chi connectivity index (χ4v) is 2.17. The second-order valence-electron chi connectivity index (χ2n) is 4.94. The molecule has 1 saturated heterocycles. The van der Waals surface area contributed by atoms with Gasteiger partial charge in [-0.05, 0) is 37.1 Å². The number of hydrazine groups is 1. The van der Waals surface area contributed by atoms with Crippen molar-refractivity contribution in [3.8, 4) is 5.75 Å². The molecule has 1 aromatic carbocycles. The molecule has 1 atom stereocenters. The second kappa shape index (κ2) is 7.89. The Balaban J connectivity index is 1.76. The maximum absolute atomic E-state index is 11.8. The van der Waals surface area contributed by atoms with Crippen LogP contribution in [0.5, 0.6) is 5.75 Å². The zero-order valence-electron chi connectivity index (χ0n) is 12.4. The molecule has 0 spiro atoms. The van der Waals surface area contributed by atoms with Crippen LogP contribution < -0.4 is 10.2 Å². The summed E-state index contributed by atoms with van der Waals surface area (Å²) in [6.07, 6.45) is 1.03. The van der Waals surface area contributed by atoms with E-state index in [2.05, 4.69) is 5.43 Å². The Morgan fingerprint density at radius 3 is 2.77 bits per heavy atom. The summed E-state index contributed by atoms with van der Waals surface area (Å²) in [5.74, 6) is 0.497. The van der Waals surface area contributed by atoms with Crippen LogP contribution in [0.1, 0.15) is 26.2 Å². The van der Waals surface area contributed by atoms with Crippen LogP contribution in [0.2, 0.25) is 5.02 Å². The van der Waals surface area contributed by atoms with Gasteiger partial charge in [0, 0.05) is 11.4 Å². The molecule has 1 heterocycles. The minimum absolute atomic E-state index is 0.0718. The number of cyclic esters (lactones) is 1. The lowest BCUT2D eigenvalue weighted by atomic mass is 10.1. The smallest absolute Gasteiger partial charge is 0.428 e. The van der Waals surface area contributed by atoms with E-state index in [9.17, 15) is 9.59 Å². The summed E-state index contributed by atoms with van der Waals surface area (Å²) in [6, 6.07) is 7.11. The molecule has 6 nitrogen and oxygen atoms in total. The third-order valence-corrected chi connectivity index (χ3v) is 3.54. The summed E-state index contributed by atoms with van der Waals surface area (Å²) in [7, 11) is 0. The lowest BCUT2D eigenvalue weighted by Crippen LogP contribution is -2.42. The van der Waals surface area contributed by atoms with Gasteiger partial charge < -0.3 is 9.47 Å². The number of ether oxygens (including phenoxy) is 2. The summed E-state index contributed by atoms with van der Waals surface area (Å²) >= 11 is 5.83. The van der Waals surface area contributed by atoms with Gasteiger partial charge in [-0.25, -0.2) is 9.80 Å². The zero-order valence-corrected chi connectivity index (χ0v) is 13.1. The van der Waals surface area contributed by atoms with Gasteiger partial charge in [-0.15, -0.1) is 0 Å². The van der Waals surface area contributed by atoms with Gasteiger partial charge in [-0.1, -0.05) is 18.5 Å². The molecule has 120 valence electrons. The lowest BCUT2D eigenvalue weighted by molar-refractivity contribution is -0.125. The highest BCUT2D eigenvalue weighted by Gasteiger charge is 2.23. The molecule has 1 unspecified atom stereocenters. The fourth-order valence-electron chi connectivity index (χ4n) is 2.05. The first-order valence-corrected chi connectivity index (χ1v) is 7.62. The van der Waals surface area contributed by atoms with E-state index in [0.717, 1.165) is 12.2 Å². The van der Waals surface area contributed by atoms with Crippen molar-refractivity contribution in [1.82, 2.24) is 10.4 Å². The molecule has 22 heavy (non-hydrogen) atoms. The third-order valence-electron chi connectivity index (χ3n) is 3.29. The first kappa shape index (κ1) is 16.4. The highest BCUT2D eigenvalue weighted by atomic mass is 35.5. The van der Waals surface area contributed by atoms with Crippen molar-refractivity contribution in [1.29, 1.82) is 0 Å². The number of carbonyl (C=O) groups is 2. The van der Waals surface area contributed by atoms with E-state index in [-0.39, 0.29) is 18.4 Å². The van der Waals surface area contributed by atoms with Gasteiger partial charge >= 0.3 is 6.09 Å². The van der Waals surface area contributed by atoms with Crippen LogP contribution in [-0.4, -0.2) is 36.3 Å². The minimum atomic E-state index is -0.516. The molecular weight excluding hydrogens is 308 g/mol. The van der Waals surface area contributed by atoms with Crippen LogP contribution in [0, 0.1) is 0 Å². The quantitative estimate of drug-likeness (QED) is 0.836. The van der Waals surface area contributed by atoms with Crippen LogP contribution in [-0.2, 0) is 9.53 Å². The second-order valence-corrected chi connectivity index (χ2v) is 5.38. The largest absolute Gasteiger partial charge is 0.490 e. The summed E-state index contributed by atoms with van der Waals surface area (Å²) in [6.45, 7) is 2.68. The van der Waals surface area contributed by atoms with E-state index in [1.54, 1.807) is 24.3 Å². The zero-order chi connectivity index (χ0) is 15.9. The van der Waals surface area contributed by atoms with E-state index < -0.39 is 6.09 Å². The maximum Gasteiger partial charge on any atom is 0.428 e. The molecule has 1 aromatic rings. The van der Waals surface area contributed by atoms with Crippen molar-refractivity contribution in [2.75, 3.05) is 13.2 Å². The number of amides is 2. The van der Waals surface area contributed by atoms with Crippen molar-refractivity contribution in [2.24, 2.45) is 0 Å². The van der Waals surface area contributed by atoms with Crippen LogP contribution >= 0.6 is 11.6 Å². The molecule has 0 radical (unpaired) electrons. The molecule has 0 aromatic heterocycles. The van der Waals surface area contributed by atoms with Gasteiger partial charge in [-0.3, -0.25) is 10.2 Å². The summed E-state index contributed by atoms with van der Waals surface area (Å²) in [5.41, 5.74) is 2.53. The Labute approximate surface area is 134 Å². The van der Waals surface area contributed by atoms with Crippen molar-refractivity contribution in [3.63, 3.8) is 0 Å². The summed E-state index contributed by atoms with van der Waals surface area (Å²) in [5, 5.41) is 1.83. The highest BCUT2D eigenvalue weighted by Crippen LogP contribution is 2.19. The van der Waals surface area contributed by atoms with Gasteiger partial charge in [0.1, 0.15) is 12.4 Å². The van der Waals surface area contributed by atoms with Crippen molar-refractivity contribution >= 4 is 23.6 Å². The minimum Gasteiger partial charge on any atom is -0.490 e. The number of hydrogen-bond donors (Lipinski definition) is 1. The molecular formula is C15H19ClN2O4. The first-order valence-electron chi connectivity index (χ1n) is 7.24. The normalized spacial score (nSPS) is 15.4. The molecule has 1 aliphatic rings. The molecule has 0 bridgehead atoms. The Bertz CT molecular complexity index is 521. The van der Waals surface area contributed by atoms with Crippen molar-refractivity contribution < 1.29 is 19.1 Å². The van der Waals surface area contributed by atoms with Crippen LogP contribution in [0.15, 0.2) is 24.3 Å². The molecule has 2 rings (SSSR count). The monoisotopic (exact) mass is 326 g/mol. The number of nitrogens with zero attached hydrogens (tertiary/aromatic N) is 1. The van der Waals surface area contributed by atoms with E-state index in [1.807, 2.05) is 6.92 Å². The fraction of sp³-hybridized carbons (Fsp3) is 0.467. The molecule has 2 amide bonds. The molecule has 7 heteroatoms. The standard InChI is InChI=1S/C15H19ClN2O4/c1-2-12(22-13-5-3-11(16)4-6-13)7-8-14(19)17-18-9-10-21-15(18)20/h3-6,12H,2,7-10H2,1H3,(H,17,19). The maximum atomic E-state index is 11.8. The summed E-state index contributed by atoms with van der Waals surface area (Å²) in [4.78, 5) is 23.1. The molecule has 1 aliphatic heterocycles. The van der Waals surface area contributed by atoms with Gasteiger partial charge in [0.25, 0.3) is 0 Å². The Morgan fingerprint density at radius 1 is 1.45 bits per heavy atom. The highest BCUT2D eigenvalue weighted by molar-refractivity contribution is 6.30. The molecule has 0 aliphatic carbocycles. The average molecular weight is 327 g/mol. The van der Waals surface area contributed by atoms with Gasteiger partial charge in [0.2, 0.25) is 5.91 Å². The SMILES string of the molecule is CCC(CCC(=O)NN1CCOC1=O)Oc1ccc(Cl)cc1. The number of halogens is 1. The van der Waals surface area contributed by atoms with Gasteiger partial charge in [-0.2, -0.15) is 0 Å². The van der Waals surface area contributed by atoms with Gasteiger partial charge in [0.05, 0.1) is 12.6 Å². The number of rotatable bonds is 7. The van der Waals surface area contributed by atoms with Crippen molar-refractivity contribution in [2.45, 2.75) is 32.3 Å². The van der Waals surface area contributed by atoms with E-state index >= 15 is 0 Å². The first-order chi connectivity index (χ1) is 10.6. The Morgan fingerprint density at radius 2 is 2.18 bits per heavy atom. The van der Waals surface area contributed by atoms with Crippen LogP contribution in [0.25, 0.3) is 0 Å². The Kier molecular flexibility index (Phi) is 5.89. The van der Waals surface area contributed by atoms with Crippen LogP contribution in [0.4, 0.5) is 4.79 Å².